The topological polar surface area (TPSA) is 58.4 Å². The fraction of sp³-hybridized carbons (Fsp3) is 0.562. The lowest BCUT2D eigenvalue weighted by atomic mass is 10.1. The van der Waals surface area contributed by atoms with Gasteiger partial charge >= 0.3 is 0 Å². The summed E-state index contributed by atoms with van der Waals surface area (Å²) in [5, 5.41) is 3.00. The second-order valence-corrected chi connectivity index (χ2v) is 5.47. The molecule has 1 fully saturated rings. The van der Waals surface area contributed by atoms with E-state index in [0.29, 0.717) is 13.1 Å². The number of unbranched alkanes of at least 4 members (excludes halogenated alkanes) is 1. The molecule has 1 saturated heterocycles. The molecule has 2 rings (SSSR count). The minimum atomic E-state index is 0. The molecule has 3 N–H and O–H groups in total. The summed E-state index contributed by atoms with van der Waals surface area (Å²) in [7, 11) is 0. The molecule has 0 radical (unpaired) electrons. The zero-order valence-corrected chi connectivity index (χ0v) is 14.8. The molecule has 1 aromatic rings. The van der Waals surface area contributed by atoms with E-state index < -0.39 is 0 Å². The molecule has 0 aliphatic carbocycles. The van der Waals surface area contributed by atoms with E-state index in [1.165, 1.54) is 12.8 Å². The van der Waals surface area contributed by atoms with Crippen molar-refractivity contribution < 1.29 is 4.79 Å². The minimum absolute atomic E-state index is 0. The van der Waals surface area contributed by atoms with Crippen LogP contribution in [0.25, 0.3) is 0 Å². The first-order valence-electron chi connectivity index (χ1n) is 7.56. The maximum atomic E-state index is 12.4. The molecule has 6 heteroatoms. The summed E-state index contributed by atoms with van der Waals surface area (Å²) in [4.78, 5) is 14.7. The lowest BCUT2D eigenvalue weighted by Crippen LogP contribution is -2.28. The molecular weight excluding hydrogens is 321 g/mol. The van der Waals surface area contributed by atoms with Gasteiger partial charge in [-0.2, -0.15) is 0 Å². The smallest absolute Gasteiger partial charge is 0.253 e. The summed E-state index contributed by atoms with van der Waals surface area (Å²) in [5.74, 6) is 0.0348. The molecule has 1 aromatic carbocycles. The summed E-state index contributed by atoms with van der Waals surface area (Å²) in [5.41, 5.74) is 8.47. The lowest BCUT2D eigenvalue weighted by molar-refractivity contribution is 0.0953. The van der Waals surface area contributed by atoms with E-state index in [9.17, 15) is 4.79 Å². The minimum Gasteiger partial charge on any atom is -0.371 e. The number of nitrogens with one attached hydrogen (secondary N) is 1. The largest absolute Gasteiger partial charge is 0.371 e. The average molecular weight is 348 g/mol. The third kappa shape index (κ3) is 5.67. The highest BCUT2D eigenvalue weighted by atomic mass is 35.5. The van der Waals surface area contributed by atoms with Crippen LogP contribution in [0.15, 0.2) is 18.2 Å². The number of amides is 1. The van der Waals surface area contributed by atoms with Crippen molar-refractivity contribution in [2.45, 2.75) is 32.6 Å². The molecule has 0 saturated carbocycles. The van der Waals surface area contributed by atoms with E-state index in [1.54, 1.807) is 0 Å². The molecule has 0 aromatic heterocycles. The highest BCUT2D eigenvalue weighted by Crippen LogP contribution is 2.25. The van der Waals surface area contributed by atoms with Crippen LogP contribution in [-0.2, 0) is 0 Å². The Bertz CT molecular complexity index is 463. The van der Waals surface area contributed by atoms with Gasteiger partial charge in [-0.15, -0.1) is 24.8 Å². The highest BCUT2D eigenvalue weighted by molar-refractivity contribution is 6.00. The van der Waals surface area contributed by atoms with E-state index in [4.69, 9.17) is 5.73 Å². The van der Waals surface area contributed by atoms with Crippen molar-refractivity contribution in [3.63, 3.8) is 0 Å². The zero-order chi connectivity index (χ0) is 14.4. The number of nitrogens with zero attached hydrogens (tertiary/aromatic N) is 1. The van der Waals surface area contributed by atoms with Crippen LogP contribution >= 0.6 is 24.8 Å². The van der Waals surface area contributed by atoms with Gasteiger partial charge in [0.05, 0.1) is 5.56 Å². The van der Waals surface area contributed by atoms with Gasteiger partial charge in [0.2, 0.25) is 0 Å². The summed E-state index contributed by atoms with van der Waals surface area (Å²) in [6.45, 7) is 5.51. The highest BCUT2D eigenvalue weighted by Gasteiger charge is 2.19. The van der Waals surface area contributed by atoms with Gasteiger partial charge in [0, 0.05) is 25.3 Å². The van der Waals surface area contributed by atoms with Crippen LogP contribution in [0.2, 0.25) is 0 Å². The van der Waals surface area contributed by atoms with Crippen LogP contribution in [0, 0.1) is 6.92 Å². The van der Waals surface area contributed by atoms with Gasteiger partial charge in [0.25, 0.3) is 5.91 Å². The predicted octanol–water partition coefficient (Wildman–Crippen LogP) is 2.91. The standard InChI is InChI=1S/C16H25N3O.2ClH/c1-13-6-7-15(19-10-4-5-11-19)14(12-13)16(20)18-9-3-2-8-17;;/h6-7,12H,2-5,8-11,17H2,1H3,(H,18,20);2*1H. The number of rotatable bonds is 6. The maximum absolute atomic E-state index is 12.4. The molecule has 0 unspecified atom stereocenters. The predicted molar refractivity (Wildman–Crippen MR) is 97.7 cm³/mol. The molecule has 1 amide bonds. The van der Waals surface area contributed by atoms with Crippen molar-refractivity contribution in [3.8, 4) is 0 Å². The van der Waals surface area contributed by atoms with E-state index >= 15 is 0 Å². The summed E-state index contributed by atoms with van der Waals surface area (Å²) in [6, 6.07) is 6.15. The first kappa shape index (κ1) is 21.0. The van der Waals surface area contributed by atoms with Crippen LogP contribution in [0.1, 0.15) is 41.6 Å². The molecule has 126 valence electrons. The Balaban J connectivity index is 0.00000220. The number of anilines is 1. The maximum Gasteiger partial charge on any atom is 0.253 e. The second kappa shape index (κ2) is 10.7. The van der Waals surface area contributed by atoms with E-state index in [-0.39, 0.29) is 30.7 Å². The molecule has 22 heavy (non-hydrogen) atoms. The Labute approximate surface area is 145 Å². The lowest BCUT2D eigenvalue weighted by Gasteiger charge is -2.21. The summed E-state index contributed by atoms with van der Waals surface area (Å²) < 4.78 is 0. The molecule has 0 spiro atoms. The number of carbonyl (C=O) groups excluding carboxylic acids is 1. The second-order valence-electron chi connectivity index (χ2n) is 5.47. The molecular formula is C16H27Cl2N3O. The Morgan fingerprint density at radius 2 is 1.91 bits per heavy atom. The molecule has 0 bridgehead atoms. The molecule has 1 heterocycles. The third-order valence-electron chi connectivity index (χ3n) is 3.76. The van der Waals surface area contributed by atoms with Crippen molar-refractivity contribution >= 4 is 36.4 Å². The van der Waals surface area contributed by atoms with Crippen LogP contribution in [-0.4, -0.2) is 32.1 Å². The van der Waals surface area contributed by atoms with Gasteiger partial charge in [-0.3, -0.25) is 4.79 Å². The van der Waals surface area contributed by atoms with Gasteiger partial charge in [-0.25, -0.2) is 0 Å². The number of aryl methyl sites for hydroxylation is 1. The molecule has 0 atom stereocenters. The number of hydrogen-bond donors (Lipinski definition) is 2. The van der Waals surface area contributed by atoms with Crippen molar-refractivity contribution in [1.29, 1.82) is 0 Å². The SMILES string of the molecule is Cc1ccc(N2CCCC2)c(C(=O)NCCCCN)c1.Cl.Cl. The molecule has 4 nitrogen and oxygen atoms in total. The van der Waals surface area contributed by atoms with Crippen molar-refractivity contribution in [2.24, 2.45) is 5.73 Å². The van der Waals surface area contributed by atoms with Gasteiger partial charge in [-0.05, 0) is 51.3 Å². The zero-order valence-electron chi connectivity index (χ0n) is 13.1. The van der Waals surface area contributed by atoms with Crippen molar-refractivity contribution in [3.05, 3.63) is 29.3 Å². The number of nitrogens with two attached hydrogens (primary N) is 1. The monoisotopic (exact) mass is 347 g/mol. The Morgan fingerprint density at radius 1 is 1.23 bits per heavy atom. The fourth-order valence-electron chi connectivity index (χ4n) is 2.63. The summed E-state index contributed by atoms with van der Waals surface area (Å²) in [6.07, 6.45) is 4.32. The van der Waals surface area contributed by atoms with Crippen molar-refractivity contribution in [1.82, 2.24) is 5.32 Å². The summed E-state index contributed by atoms with van der Waals surface area (Å²) >= 11 is 0. The number of halogens is 2. The quantitative estimate of drug-likeness (QED) is 0.777. The average Bonchev–Trinajstić information content (AvgIpc) is 2.97. The van der Waals surface area contributed by atoms with Gasteiger partial charge in [-0.1, -0.05) is 11.6 Å². The number of carbonyl (C=O) groups is 1. The van der Waals surface area contributed by atoms with Crippen LogP contribution < -0.4 is 16.0 Å². The van der Waals surface area contributed by atoms with E-state index in [1.807, 2.05) is 13.0 Å². The van der Waals surface area contributed by atoms with Gasteiger partial charge in [0.15, 0.2) is 0 Å². The molecule has 1 aliphatic rings. The number of hydrogen-bond acceptors (Lipinski definition) is 3. The van der Waals surface area contributed by atoms with Crippen LogP contribution in [0.3, 0.4) is 0 Å². The Morgan fingerprint density at radius 3 is 2.55 bits per heavy atom. The van der Waals surface area contributed by atoms with Gasteiger partial charge < -0.3 is 16.0 Å². The van der Waals surface area contributed by atoms with E-state index in [0.717, 1.165) is 42.7 Å². The Kier molecular flexibility index (Phi) is 10.2. The van der Waals surface area contributed by atoms with Crippen molar-refractivity contribution in [2.75, 3.05) is 31.1 Å². The third-order valence-corrected chi connectivity index (χ3v) is 3.76. The normalized spacial score (nSPS) is 13.3. The Hall–Kier alpha value is -0.970. The van der Waals surface area contributed by atoms with Crippen LogP contribution in [0.5, 0.6) is 0 Å². The van der Waals surface area contributed by atoms with Gasteiger partial charge in [0.1, 0.15) is 0 Å². The first-order chi connectivity index (χ1) is 9.72. The van der Waals surface area contributed by atoms with Crippen LogP contribution in [0.4, 0.5) is 5.69 Å². The molecule has 1 aliphatic heterocycles. The fourth-order valence-corrected chi connectivity index (χ4v) is 2.63. The van der Waals surface area contributed by atoms with E-state index in [2.05, 4.69) is 22.3 Å². The number of benzene rings is 1. The first-order valence-corrected chi connectivity index (χ1v) is 7.56.